The van der Waals surface area contributed by atoms with Crippen LogP contribution in [0.4, 0.5) is 22.0 Å². The maximum atomic E-state index is 12.4. The molecule has 1 aromatic rings. The number of halogens is 6. The van der Waals surface area contributed by atoms with Crippen LogP contribution in [0, 0.1) is 11.3 Å². The van der Waals surface area contributed by atoms with Crippen LogP contribution in [-0.2, 0) is 6.18 Å². The summed E-state index contributed by atoms with van der Waals surface area (Å²) in [7, 11) is 0. The highest BCUT2D eigenvalue weighted by Crippen LogP contribution is 2.34. The summed E-state index contributed by atoms with van der Waals surface area (Å²) in [4.78, 5) is 2.75. The van der Waals surface area contributed by atoms with E-state index in [4.69, 9.17) is 5.26 Å². The van der Waals surface area contributed by atoms with Crippen molar-refractivity contribution in [1.29, 1.82) is 5.26 Å². The fraction of sp³-hybridized carbons (Fsp3) is 0.250. The third-order valence-electron chi connectivity index (χ3n) is 1.61. The van der Waals surface area contributed by atoms with Gasteiger partial charge in [-0.1, -0.05) is 0 Å². The lowest BCUT2D eigenvalue weighted by Crippen LogP contribution is -2.11. The molecule has 0 aliphatic rings. The largest absolute Gasteiger partial charge is 0.433 e. The number of rotatable bonds is 1. The van der Waals surface area contributed by atoms with E-state index in [2.05, 4.69) is 20.9 Å². The van der Waals surface area contributed by atoms with Gasteiger partial charge >= 0.3 is 6.18 Å². The first-order valence-corrected chi connectivity index (χ1v) is 4.52. The molecule has 0 radical (unpaired) electrons. The molecule has 0 N–H and O–H groups in total. The monoisotopic (exact) mass is 300 g/mol. The number of alkyl halides is 5. The molecule has 86 valence electrons. The summed E-state index contributed by atoms with van der Waals surface area (Å²) in [6.07, 6.45) is -8.08. The van der Waals surface area contributed by atoms with Gasteiger partial charge in [0.25, 0.3) is 6.43 Å². The predicted molar refractivity (Wildman–Crippen MR) is 46.6 cm³/mol. The molecular formula is C8H2BrF5N2. The average molecular weight is 301 g/mol. The van der Waals surface area contributed by atoms with E-state index in [1.54, 1.807) is 0 Å². The van der Waals surface area contributed by atoms with E-state index in [1.165, 1.54) is 6.07 Å². The zero-order valence-corrected chi connectivity index (χ0v) is 8.90. The lowest BCUT2D eigenvalue weighted by molar-refractivity contribution is -0.141. The van der Waals surface area contributed by atoms with Crippen molar-refractivity contribution in [1.82, 2.24) is 4.98 Å². The van der Waals surface area contributed by atoms with Gasteiger partial charge in [0, 0.05) is 4.47 Å². The van der Waals surface area contributed by atoms with Gasteiger partial charge in [-0.25, -0.2) is 13.8 Å². The molecule has 0 saturated carbocycles. The van der Waals surface area contributed by atoms with Gasteiger partial charge in [-0.15, -0.1) is 0 Å². The SMILES string of the molecule is N#Cc1c(Br)cc(C(F)(F)F)nc1C(F)F. The molecule has 0 atom stereocenters. The molecule has 0 aromatic carbocycles. The number of hydrogen-bond donors (Lipinski definition) is 0. The first-order valence-electron chi connectivity index (χ1n) is 3.73. The first kappa shape index (κ1) is 12.8. The van der Waals surface area contributed by atoms with E-state index in [-0.39, 0.29) is 4.47 Å². The molecule has 2 nitrogen and oxygen atoms in total. The third-order valence-corrected chi connectivity index (χ3v) is 2.23. The zero-order valence-electron chi connectivity index (χ0n) is 7.32. The van der Waals surface area contributed by atoms with Crippen molar-refractivity contribution in [2.24, 2.45) is 0 Å². The number of hydrogen-bond acceptors (Lipinski definition) is 2. The summed E-state index contributed by atoms with van der Waals surface area (Å²) in [6, 6.07) is 1.86. The van der Waals surface area contributed by atoms with E-state index in [0.29, 0.717) is 6.07 Å². The highest BCUT2D eigenvalue weighted by molar-refractivity contribution is 9.10. The van der Waals surface area contributed by atoms with Crippen molar-refractivity contribution in [2.45, 2.75) is 12.6 Å². The van der Waals surface area contributed by atoms with Crippen LogP contribution in [0.15, 0.2) is 10.5 Å². The van der Waals surface area contributed by atoms with Crippen LogP contribution < -0.4 is 0 Å². The van der Waals surface area contributed by atoms with Gasteiger partial charge in [0.05, 0.1) is 5.56 Å². The summed E-state index contributed by atoms with van der Waals surface area (Å²) in [6.45, 7) is 0. The van der Waals surface area contributed by atoms with Crippen LogP contribution in [0.25, 0.3) is 0 Å². The van der Waals surface area contributed by atoms with Gasteiger partial charge in [0.1, 0.15) is 17.5 Å². The van der Waals surface area contributed by atoms with Crippen molar-refractivity contribution in [3.63, 3.8) is 0 Å². The van der Waals surface area contributed by atoms with Gasteiger partial charge in [-0.05, 0) is 22.0 Å². The Kier molecular flexibility index (Phi) is 3.48. The summed E-state index contributed by atoms with van der Waals surface area (Å²) >= 11 is 2.62. The molecule has 8 heteroatoms. The molecular weight excluding hydrogens is 299 g/mol. The van der Waals surface area contributed by atoms with Crippen LogP contribution in [0.3, 0.4) is 0 Å². The number of nitrogens with zero attached hydrogens (tertiary/aromatic N) is 2. The molecule has 0 aliphatic carbocycles. The Labute approximate surface area is 94.8 Å². The Balaban J connectivity index is 3.48. The van der Waals surface area contributed by atoms with Gasteiger partial charge in [-0.3, -0.25) is 0 Å². The minimum Gasteiger partial charge on any atom is -0.241 e. The normalized spacial score (nSPS) is 11.6. The second kappa shape index (κ2) is 4.33. The Morgan fingerprint density at radius 1 is 1.38 bits per heavy atom. The van der Waals surface area contributed by atoms with Gasteiger partial charge < -0.3 is 0 Å². The second-order valence-electron chi connectivity index (χ2n) is 2.66. The second-order valence-corrected chi connectivity index (χ2v) is 3.51. The highest BCUT2D eigenvalue weighted by atomic mass is 79.9. The third kappa shape index (κ3) is 2.47. The molecule has 0 fully saturated rings. The molecule has 1 rings (SSSR count). The smallest absolute Gasteiger partial charge is 0.241 e. The van der Waals surface area contributed by atoms with Crippen LogP contribution in [0.5, 0.6) is 0 Å². The fourth-order valence-corrected chi connectivity index (χ4v) is 1.45. The predicted octanol–water partition coefficient (Wildman–Crippen LogP) is 3.67. The molecule has 16 heavy (non-hydrogen) atoms. The van der Waals surface area contributed by atoms with Crippen molar-refractivity contribution in [2.75, 3.05) is 0 Å². The van der Waals surface area contributed by atoms with E-state index < -0.39 is 29.6 Å². The lowest BCUT2D eigenvalue weighted by Gasteiger charge is -2.10. The molecule has 0 spiro atoms. The van der Waals surface area contributed by atoms with Crippen LogP contribution in [0.1, 0.15) is 23.4 Å². The topological polar surface area (TPSA) is 36.7 Å². The minimum atomic E-state index is -4.83. The quantitative estimate of drug-likeness (QED) is 0.742. The molecule has 1 aromatic heterocycles. The number of nitriles is 1. The van der Waals surface area contributed by atoms with Gasteiger partial charge in [0.2, 0.25) is 0 Å². The summed E-state index contributed by atoms with van der Waals surface area (Å²) in [5.74, 6) is 0. The summed E-state index contributed by atoms with van der Waals surface area (Å²) in [5.41, 5.74) is -3.24. The molecule has 0 aliphatic heterocycles. The zero-order chi connectivity index (χ0) is 12.5. The Morgan fingerprint density at radius 3 is 2.31 bits per heavy atom. The number of pyridine rings is 1. The molecule has 0 bridgehead atoms. The molecule has 0 amide bonds. The van der Waals surface area contributed by atoms with E-state index in [1.807, 2.05) is 0 Å². The Hall–Kier alpha value is -1.23. The van der Waals surface area contributed by atoms with Crippen molar-refractivity contribution >= 4 is 15.9 Å². The van der Waals surface area contributed by atoms with Gasteiger partial charge in [0.15, 0.2) is 0 Å². The van der Waals surface area contributed by atoms with Crippen LogP contribution >= 0.6 is 15.9 Å². The Bertz CT molecular complexity index is 449. The van der Waals surface area contributed by atoms with E-state index >= 15 is 0 Å². The van der Waals surface area contributed by atoms with Crippen LogP contribution in [0.2, 0.25) is 0 Å². The first-order chi connectivity index (χ1) is 7.27. The lowest BCUT2D eigenvalue weighted by atomic mass is 10.2. The van der Waals surface area contributed by atoms with Crippen LogP contribution in [-0.4, -0.2) is 4.98 Å². The van der Waals surface area contributed by atoms with Crippen molar-refractivity contribution in [3.8, 4) is 6.07 Å². The molecule has 1 heterocycles. The van der Waals surface area contributed by atoms with Crippen molar-refractivity contribution < 1.29 is 22.0 Å². The number of aromatic nitrogens is 1. The van der Waals surface area contributed by atoms with E-state index in [0.717, 1.165) is 0 Å². The average Bonchev–Trinajstić information content (AvgIpc) is 2.14. The summed E-state index contributed by atoms with van der Waals surface area (Å²) < 4.78 is 61.1. The van der Waals surface area contributed by atoms with Crippen molar-refractivity contribution in [3.05, 3.63) is 27.5 Å². The maximum absolute atomic E-state index is 12.4. The maximum Gasteiger partial charge on any atom is 0.433 e. The highest BCUT2D eigenvalue weighted by Gasteiger charge is 2.35. The van der Waals surface area contributed by atoms with Gasteiger partial charge in [-0.2, -0.15) is 18.4 Å². The minimum absolute atomic E-state index is 0.354. The Morgan fingerprint density at radius 2 is 1.94 bits per heavy atom. The molecule has 0 saturated heterocycles. The van der Waals surface area contributed by atoms with E-state index in [9.17, 15) is 22.0 Å². The summed E-state index contributed by atoms with van der Waals surface area (Å²) in [5, 5.41) is 8.51. The fourth-order valence-electron chi connectivity index (χ4n) is 0.946. The molecule has 0 unspecified atom stereocenters. The standard InChI is InChI=1S/C8H2BrF5N2/c9-4-1-5(8(12,13)14)16-6(7(10)11)3(4)2-15/h1,7H.